The zero-order valence-corrected chi connectivity index (χ0v) is 11.5. The molecular weight excluding hydrogens is 184 g/mol. The van der Waals surface area contributed by atoms with Crippen LogP contribution in [0.4, 0.5) is 0 Å². The van der Waals surface area contributed by atoms with Crippen LogP contribution in [0, 0.1) is 17.8 Å². The van der Waals surface area contributed by atoms with E-state index in [1.165, 1.54) is 19.3 Å². The molecule has 1 fully saturated rings. The van der Waals surface area contributed by atoms with Crippen LogP contribution in [0.5, 0.6) is 0 Å². The molecule has 3 atom stereocenters. The second kappa shape index (κ2) is 11.8. The number of aliphatic hydroxyl groups excluding tert-OH is 1. The van der Waals surface area contributed by atoms with Gasteiger partial charge in [-0.3, -0.25) is 0 Å². The van der Waals surface area contributed by atoms with E-state index in [9.17, 15) is 0 Å². The standard InChI is InChI=1S/C11H20.C2H6.CH4O/c1-4-5-11-7-6-9(2)10(3)8-11;2*1-2/h4-5,9-11H,6-8H2,1-3H3;1-2H3;2H,1H3/b5-4-;;/t9-,10-,11+;;/m0../s1. The molecule has 15 heavy (non-hydrogen) atoms. The number of hydrogen-bond donors (Lipinski definition) is 1. The van der Waals surface area contributed by atoms with Crippen LogP contribution in [0.25, 0.3) is 0 Å². The number of hydrogen-bond acceptors (Lipinski definition) is 1. The van der Waals surface area contributed by atoms with Crippen molar-refractivity contribution in [2.45, 2.75) is 53.9 Å². The van der Waals surface area contributed by atoms with E-state index in [1.54, 1.807) is 0 Å². The third-order valence-corrected chi connectivity index (χ3v) is 3.10. The van der Waals surface area contributed by atoms with Gasteiger partial charge in [0, 0.05) is 7.11 Å². The molecule has 0 bridgehead atoms. The van der Waals surface area contributed by atoms with Crippen LogP contribution in [0.1, 0.15) is 53.9 Å². The monoisotopic (exact) mass is 214 g/mol. The van der Waals surface area contributed by atoms with Gasteiger partial charge in [0.25, 0.3) is 0 Å². The Hall–Kier alpha value is -0.300. The van der Waals surface area contributed by atoms with E-state index < -0.39 is 0 Å². The summed E-state index contributed by atoms with van der Waals surface area (Å²) in [6.07, 6.45) is 8.83. The highest BCUT2D eigenvalue weighted by Crippen LogP contribution is 2.33. The normalized spacial score (nSPS) is 29.9. The van der Waals surface area contributed by atoms with Crippen molar-refractivity contribution in [1.82, 2.24) is 0 Å². The third-order valence-electron chi connectivity index (χ3n) is 3.10. The van der Waals surface area contributed by atoms with E-state index in [2.05, 4.69) is 32.9 Å². The van der Waals surface area contributed by atoms with Gasteiger partial charge in [-0.25, -0.2) is 0 Å². The van der Waals surface area contributed by atoms with Crippen LogP contribution < -0.4 is 0 Å². The molecular formula is C14H30O. The summed E-state index contributed by atoms with van der Waals surface area (Å²) in [4.78, 5) is 0. The van der Waals surface area contributed by atoms with Gasteiger partial charge < -0.3 is 5.11 Å². The van der Waals surface area contributed by atoms with Crippen LogP contribution in [0.2, 0.25) is 0 Å². The molecule has 0 aromatic rings. The lowest BCUT2D eigenvalue weighted by Gasteiger charge is -2.30. The van der Waals surface area contributed by atoms with Crippen LogP contribution >= 0.6 is 0 Å². The fraction of sp³-hybridized carbons (Fsp3) is 0.857. The lowest BCUT2D eigenvalue weighted by molar-refractivity contribution is 0.236. The van der Waals surface area contributed by atoms with Crippen molar-refractivity contribution < 1.29 is 5.11 Å². The van der Waals surface area contributed by atoms with Crippen molar-refractivity contribution in [3.63, 3.8) is 0 Å². The molecule has 0 spiro atoms. The number of allylic oxidation sites excluding steroid dienone is 2. The van der Waals surface area contributed by atoms with Gasteiger partial charge in [0.2, 0.25) is 0 Å². The Bertz CT molecular complexity index is 140. The van der Waals surface area contributed by atoms with Gasteiger partial charge in [-0.15, -0.1) is 0 Å². The Balaban J connectivity index is 0. The largest absolute Gasteiger partial charge is 0.400 e. The molecule has 0 heterocycles. The van der Waals surface area contributed by atoms with E-state index in [0.717, 1.165) is 24.9 Å². The number of rotatable bonds is 1. The quantitative estimate of drug-likeness (QED) is 0.646. The van der Waals surface area contributed by atoms with Crippen molar-refractivity contribution in [1.29, 1.82) is 0 Å². The summed E-state index contributed by atoms with van der Waals surface area (Å²) in [6.45, 7) is 10.9. The Labute approximate surface area is 96.6 Å². The summed E-state index contributed by atoms with van der Waals surface area (Å²) in [6, 6.07) is 0. The molecule has 1 aliphatic carbocycles. The Morgan fingerprint density at radius 3 is 1.93 bits per heavy atom. The predicted octanol–water partition coefficient (Wildman–Crippen LogP) is 4.27. The summed E-state index contributed by atoms with van der Waals surface area (Å²) in [5, 5.41) is 7.00. The molecule has 0 aromatic carbocycles. The maximum Gasteiger partial charge on any atom is 0.0319 e. The average Bonchev–Trinajstić information content (AvgIpc) is 2.30. The molecule has 0 aliphatic heterocycles. The minimum Gasteiger partial charge on any atom is -0.400 e. The molecule has 1 heteroatoms. The Morgan fingerprint density at radius 2 is 1.53 bits per heavy atom. The second-order valence-corrected chi connectivity index (χ2v) is 4.05. The summed E-state index contributed by atoms with van der Waals surface area (Å²) >= 11 is 0. The van der Waals surface area contributed by atoms with Gasteiger partial charge in [0.05, 0.1) is 0 Å². The first-order valence-corrected chi connectivity index (χ1v) is 6.31. The van der Waals surface area contributed by atoms with Crippen LogP contribution in [0.3, 0.4) is 0 Å². The predicted molar refractivity (Wildman–Crippen MR) is 70.0 cm³/mol. The van der Waals surface area contributed by atoms with Gasteiger partial charge in [-0.1, -0.05) is 39.8 Å². The highest BCUT2D eigenvalue weighted by molar-refractivity contribution is 4.89. The van der Waals surface area contributed by atoms with E-state index in [4.69, 9.17) is 5.11 Å². The van der Waals surface area contributed by atoms with Crippen LogP contribution in [0.15, 0.2) is 12.2 Å². The van der Waals surface area contributed by atoms with Crippen LogP contribution in [-0.2, 0) is 0 Å². The molecule has 1 aliphatic rings. The van der Waals surface area contributed by atoms with Crippen molar-refractivity contribution in [2.75, 3.05) is 7.11 Å². The van der Waals surface area contributed by atoms with E-state index in [-0.39, 0.29) is 0 Å². The fourth-order valence-electron chi connectivity index (χ4n) is 2.04. The molecule has 1 saturated carbocycles. The zero-order valence-electron chi connectivity index (χ0n) is 11.5. The summed E-state index contributed by atoms with van der Waals surface area (Å²) < 4.78 is 0. The maximum atomic E-state index is 7.00. The topological polar surface area (TPSA) is 20.2 Å². The molecule has 1 nitrogen and oxygen atoms in total. The van der Waals surface area contributed by atoms with E-state index >= 15 is 0 Å². The van der Waals surface area contributed by atoms with Crippen molar-refractivity contribution in [3.05, 3.63) is 12.2 Å². The summed E-state index contributed by atoms with van der Waals surface area (Å²) in [5.41, 5.74) is 0. The Morgan fingerprint density at radius 1 is 1.00 bits per heavy atom. The highest BCUT2D eigenvalue weighted by Gasteiger charge is 2.22. The molecule has 1 N–H and O–H groups in total. The van der Waals surface area contributed by atoms with Crippen molar-refractivity contribution >= 4 is 0 Å². The van der Waals surface area contributed by atoms with Gasteiger partial charge in [-0.2, -0.15) is 0 Å². The average molecular weight is 214 g/mol. The van der Waals surface area contributed by atoms with Crippen molar-refractivity contribution in [2.24, 2.45) is 17.8 Å². The molecule has 92 valence electrons. The smallest absolute Gasteiger partial charge is 0.0319 e. The van der Waals surface area contributed by atoms with E-state index in [1.807, 2.05) is 13.8 Å². The first-order valence-electron chi connectivity index (χ1n) is 6.31. The minimum absolute atomic E-state index is 0.881. The molecule has 0 aromatic heterocycles. The summed E-state index contributed by atoms with van der Waals surface area (Å²) in [7, 11) is 1.00. The lowest BCUT2D eigenvalue weighted by atomic mass is 9.76. The molecule has 0 unspecified atom stereocenters. The maximum absolute atomic E-state index is 7.00. The number of aliphatic hydroxyl groups is 1. The molecule has 1 rings (SSSR count). The molecule has 0 saturated heterocycles. The lowest BCUT2D eigenvalue weighted by Crippen LogP contribution is -2.19. The Kier molecular flexibility index (Phi) is 13.4. The molecule has 0 radical (unpaired) electrons. The highest BCUT2D eigenvalue weighted by atomic mass is 16.2. The minimum atomic E-state index is 0.881. The van der Waals surface area contributed by atoms with Crippen molar-refractivity contribution in [3.8, 4) is 0 Å². The summed E-state index contributed by atoms with van der Waals surface area (Å²) in [5.74, 6) is 2.77. The molecule has 0 amide bonds. The first kappa shape index (κ1) is 17.1. The van der Waals surface area contributed by atoms with Gasteiger partial charge in [-0.05, 0) is 43.9 Å². The van der Waals surface area contributed by atoms with Gasteiger partial charge >= 0.3 is 0 Å². The third kappa shape index (κ3) is 7.61. The van der Waals surface area contributed by atoms with Crippen LogP contribution in [-0.4, -0.2) is 12.2 Å². The first-order chi connectivity index (χ1) is 7.24. The SMILES string of the molecule is C/C=C\[C@@H]1CC[C@H](C)[C@@H](C)C1.CC.CO. The van der Waals surface area contributed by atoms with Gasteiger partial charge in [0.1, 0.15) is 0 Å². The second-order valence-electron chi connectivity index (χ2n) is 4.05. The fourth-order valence-corrected chi connectivity index (χ4v) is 2.04. The zero-order chi connectivity index (χ0) is 12.3. The van der Waals surface area contributed by atoms with E-state index in [0.29, 0.717) is 0 Å². The van der Waals surface area contributed by atoms with Gasteiger partial charge in [0.15, 0.2) is 0 Å².